The van der Waals surface area contributed by atoms with E-state index < -0.39 is 0 Å². The molecule has 0 spiro atoms. The fourth-order valence-electron chi connectivity index (χ4n) is 3.25. The molecule has 3 rings (SSSR count). The Morgan fingerprint density at radius 3 is 2.50 bits per heavy atom. The quantitative estimate of drug-likeness (QED) is 0.758. The van der Waals surface area contributed by atoms with Gasteiger partial charge in [-0.25, -0.2) is 0 Å². The van der Waals surface area contributed by atoms with E-state index in [1.807, 2.05) is 0 Å². The first-order chi connectivity index (χ1) is 7.84. The maximum absolute atomic E-state index is 3.62. The summed E-state index contributed by atoms with van der Waals surface area (Å²) >= 11 is 0. The van der Waals surface area contributed by atoms with Gasteiger partial charge in [0.2, 0.25) is 0 Å². The van der Waals surface area contributed by atoms with Gasteiger partial charge in [-0.1, -0.05) is 12.1 Å². The summed E-state index contributed by atoms with van der Waals surface area (Å²) in [5.41, 5.74) is 6.31. The van der Waals surface area contributed by atoms with Crippen molar-refractivity contribution in [3.05, 3.63) is 34.4 Å². The minimum Gasteiger partial charge on any atom is -0.310 e. The molecule has 0 unspecified atom stereocenters. The Labute approximate surface area is 98.3 Å². The topological polar surface area (TPSA) is 12.0 Å². The van der Waals surface area contributed by atoms with Crippen LogP contribution in [-0.4, -0.2) is 6.54 Å². The van der Waals surface area contributed by atoms with E-state index >= 15 is 0 Å². The van der Waals surface area contributed by atoms with Gasteiger partial charge in [0.05, 0.1) is 0 Å². The van der Waals surface area contributed by atoms with Gasteiger partial charge in [0.25, 0.3) is 0 Å². The molecule has 2 aliphatic rings. The minimum absolute atomic E-state index is 0.632. The first-order valence-corrected chi connectivity index (χ1v) is 6.70. The molecule has 1 atom stereocenters. The highest BCUT2D eigenvalue weighted by Crippen LogP contribution is 2.31. The molecule has 0 bridgehead atoms. The van der Waals surface area contributed by atoms with E-state index in [2.05, 4.69) is 24.4 Å². The van der Waals surface area contributed by atoms with Gasteiger partial charge < -0.3 is 5.32 Å². The average molecular weight is 215 g/mol. The fraction of sp³-hybridized carbons (Fsp3) is 0.600. The molecule has 1 fully saturated rings. The summed E-state index contributed by atoms with van der Waals surface area (Å²) in [6.45, 7) is 3.48. The number of hydrogen-bond acceptors (Lipinski definition) is 1. The Kier molecular flexibility index (Phi) is 2.72. The highest BCUT2D eigenvalue weighted by atomic mass is 14.9. The van der Waals surface area contributed by atoms with Crippen LogP contribution < -0.4 is 5.32 Å². The number of fused-ring (bicyclic) bond motifs is 1. The summed E-state index contributed by atoms with van der Waals surface area (Å²) in [6, 6.07) is 5.57. The molecule has 1 aromatic rings. The third-order valence-corrected chi connectivity index (χ3v) is 4.17. The summed E-state index contributed by atoms with van der Waals surface area (Å²) in [6.07, 6.45) is 8.02. The molecule has 0 aromatic heterocycles. The number of nitrogens with one attached hydrogen (secondary N) is 1. The van der Waals surface area contributed by atoms with Gasteiger partial charge in [-0.2, -0.15) is 0 Å². The normalized spacial score (nSPS) is 24.4. The molecule has 1 N–H and O–H groups in total. The largest absolute Gasteiger partial charge is 0.310 e. The maximum Gasteiger partial charge on any atom is 0.0323 e. The third kappa shape index (κ3) is 1.78. The molecule has 1 aliphatic heterocycles. The predicted octanol–water partition coefficient (Wildman–Crippen LogP) is 3.30. The molecule has 1 saturated heterocycles. The van der Waals surface area contributed by atoms with Crippen LogP contribution in [0.2, 0.25) is 0 Å². The van der Waals surface area contributed by atoms with Crippen molar-refractivity contribution in [2.75, 3.05) is 6.54 Å². The smallest absolute Gasteiger partial charge is 0.0323 e. The summed E-state index contributed by atoms with van der Waals surface area (Å²) < 4.78 is 0. The molecule has 1 nitrogen and oxygen atoms in total. The van der Waals surface area contributed by atoms with Crippen LogP contribution in [0.4, 0.5) is 0 Å². The lowest BCUT2D eigenvalue weighted by Gasteiger charge is -2.21. The second-order valence-electron chi connectivity index (χ2n) is 5.33. The molecule has 1 heterocycles. The molecular weight excluding hydrogens is 194 g/mol. The lowest BCUT2D eigenvalue weighted by atomic mass is 9.86. The van der Waals surface area contributed by atoms with Crippen molar-refractivity contribution in [1.29, 1.82) is 0 Å². The van der Waals surface area contributed by atoms with E-state index in [0.29, 0.717) is 6.04 Å². The van der Waals surface area contributed by atoms with E-state index in [0.717, 1.165) is 0 Å². The lowest BCUT2D eigenvalue weighted by molar-refractivity contribution is 0.634. The molecule has 1 aliphatic carbocycles. The first kappa shape index (κ1) is 10.3. The number of aryl methyl sites for hydroxylation is 3. The third-order valence-electron chi connectivity index (χ3n) is 4.17. The van der Waals surface area contributed by atoms with E-state index in [9.17, 15) is 0 Å². The zero-order valence-electron chi connectivity index (χ0n) is 10.2. The van der Waals surface area contributed by atoms with Crippen molar-refractivity contribution in [3.8, 4) is 0 Å². The van der Waals surface area contributed by atoms with Crippen LogP contribution >= 0.6 is 0 Å². The Hall–Kier alpha value is -0.820. The molecular formula is C15H21N. The molecule has 1 aromatic carbocycles. The van der Waals surface area contributed by atoms with Crippen LogP contribution in [0, 0.1) is 6.92 Å². The van der Waals surface area contributed by atoms with Gasteiger partial charge >= 0.3 is 0 Å². The van der Waals surface area contributed by atoms with Gasteiger partial charge in [0.1, 0.15) is 0 Å². The summed E-state index contributed by atoms with van der Waals surface area (Å²) in [7, 11) is 0. The fourth-order valence-corrected chi connectivity index (χ4v) is 3.25. The molecule has 0 radical (unpaired) electrons. The van der Waals surface area contributed by atoms with Crippen molar-refractivity contribution in [2.24, 2.45) is 0 Å². The number of rotatable bonds is 1. The van der Waals surface area contributed by atoms with Gasteiger partial charge in [-0.3, -0.25) is 0 Å². The maximum atomic E-state index is 3.62. The van der Waals surface area contributed by atoms with Crippen LogP contribution in [-0.2, 0) is 12.8 Å². The molecule has 16 heavy (non-hydrogen) atoms. The first-order valence-electron chi connectivity index (χ1n) is 6.70. The molecule has 0 amide bonds. The standard InChI is InChI=1S/C15H21N/c1-11-9-12-5-2-3-6-13(12)10-14(11)15-7-4-8-16-15/h9-10,15-16H,2-8H2,1H3/t15-/m0/s1. The molecule has 0 saturated carbocycles. The lowest BCUT2D eigenvalue weighted by Crippen LogP contribution is -2.15. The van der Waals surface area contributed by atoms with E-state index in [4.69, 9.17) is 0 Å². The Bertz CT molecular complexity index is 389. The van der Waals surface area contributed by atoms with E-state index in [1.165, 1.54) is 50.6 Å². The van der Waals surface area contributed by atoms with E-state index in [-0.39, 0.29) is 0 Å². The van der Waals surface area contributed by atoms with Crippen molar-refractivity contribution in [2.45, 2.75) is 51.5 Å². The minimum atomic E-state index is 0.632. The second kappa shape index (κ2) is 4.21. The van der Waals surface area contributed by atoms with Crippen LogP contribution in [0.1, 0.15) is 54.0 Å². The number of benzene rings is 1. The van der Waals surface area contributed by atoms with Gasteiger partial charge in [0, 0.05) is 6.04 Å². The van der Waals surface area contributed by atoms with Crippen LogP contribution in [0.5, 0.6) is 0 Å². The molecule has 1 heteroatoms. The van der Waals surface area contributed by atoms with E-state index in [1.54, 1.807) is 16.7 Å². The van der Waals surface area contributed by atoms with Crippen LogP contribution in [0.3, 0.4) is 0 Å². The highest BCUT2D eigenvalue weighted by molar-refractivity contribution is 5.41. The number of hydrogen-bond donors (Lipinski definition) is 1. The average Bonchev–Trinajstić information content (AvgIpc) is 2.81. The van der Waals surface area contributed by atoms with Crippen molar-refractivity contribution in [1.82, 2.24) is 5.32 Å². The Morgan fingerprint density at radius 1 is 1.06 bits per heavy atom. The summed E-state index contributed by atoms with van der Waals surface area (Å²) in [5.74, 6) is 0. The predicted molar refractivity (Wildman–Crippen MR) is 67.8 cm³/mol. The van der Waals surface area contributed by atoms with Crippen molar-refractivity contribution < 1.29 is 0 Å². The SMILES string of the molecule is Cc1cc2c(cc1[C@@H]1CCCN1)CCCC2. The van der Waals surface area contributed by atoms with Gasteiger partial charge in [0.15, 0.2) is 0 Å². The van der Waals surface area contributed by atoms with Gasteiger partial charge in [-0.05, 0) is 74.2 Å². The van der Waals surface area contributed by atoms with Crippen LogP contribution in [0.15, 0.2) is 12.1 Å². The Balaban J connectivity index is 1.98. The van der Waals surface area contributed by atoms with Gasteiger partial charge in [-0.15, -0.1) is 0 Å². The monoisotopic (exact) mass is 215 g/mol. The zero-order valence-corrected chi connectivity index (χ0v) is 10.2. The summed E-state index contributed by atoms with van der Waals surface area (Å²) in [5, 5.41) is 3.62. The van der Waals surface area contributed by atoms with Crippen LogP contribution in [0.25, 0.3) is 0 Å². The highest BCUT2D eigenvalue weighted by Gasteiger charge is 2.20. The zero-order chi connectivity index (χ0) is 11.0. The summed E-state index contributed by atoms with van der Waals surface area (Å²) in [4.78, 5) is 0. The Morgan fingerprint density at radius 2 is 1.81 bits per heavy atom. The van der Waals surface area contributed by atoms with Crippen molar-refractivity contribution >= 4 is 0 Å². The second-order valence-corrected chi connectivity index (χ2v) is 5.33. The molecule has 86 valence electrons. The van der Waals surface area contributed by atoms with Crippen molar-refractivity contribution in [3.63, 3.8) is 0 Å².